The fourth-order valence-electron chi connectivity index (χ4n) is 9.42. The van der Waals surface area contributed by atoms with Gasteiger partial charge in [-0.2, -0.15) is 0 Å². The van der Waals surface area contributed by atoms with E-state index < -0.39 is 6.10 Å². The lowest BCUT2D eigenvalue weighted by Crippen LogP contribution is -2.30. The van der Waals surface area contributed by atoms with Crippen LogP contribution in [-0.2, 0) is 28.6 Å². The number of ether oxygens (including phenoxy) is 3. The van der Waals surface area contributed by atoms with Crippen molar-refractivity contribution in [2.45, 2.75) is 355 Å². The van der Waals surface area contributed by atoms with E-state index in [9.17, 15) is 14.4 Å². The molecule has 0 bridgehead atoms. The molecule has 0 rings (SSSR count). The lowest BCUT2D eigenvalue weighted by atomic mass is 9.99. The fourth-order valence-corrected chi connectivity index (χ4v) is 9.42. The normalized spacial score (nSPS) is 12.4. The third-order valence-electron chi connectivity index (χ3n) is 14.4. The van der Waals surface area contributed by atoms with Gasteiger partial charge >= 0.3 is 17.9 Å². The molecule has 6 heteroatoms. The summed E-state index contributed by atoms with van der Waals surface area (Å²) in [5, 5.41) is 0. The van der Waals surface area contributed by atoms with Crippen LogP contribution in [-0.4, -0.2) is 37.2 Å². The number of carbonyl (C=O) groups is 3. The SMILES string of the molecule is CCCCCCCCCCCCCCCCC(=O)O[C@@H](COC(=O)CCCCCCCCCCCCCCC)COC(=O)CCCCCCCCCCCCCCCCCCCCC(C)CC. The largest absolute Gasteiger partial charge is 0.462 e. The molecule has 0 aliphatic heterocycles. The van der Waals surface area contributed by atoms with Gasteiger partial charge in [-0.1, -0.05) is 310 Å². The van der Waals surface area contributed by atoms with Crippen LogP contribution in [0.2, 0.25) is 0 Å². The van der Waals surface area contributed by atoms with Gasteiger partial charge in [0.15, 0.2) is 6.10 Å². The summed E-state index contributed by atoms with van der Waals surface area (Å²) in [6.07, 6.45) is 60.9. The Hall–Kier alpha value is -1.59. The van der Waals surface area contributed by atoms with E-state index in [4.69, 9.17) is 14.2 Å². The third-order valence-corrected chi connectivity index (χ3v) is 14.4. The second kappa shape index (κ2) is 55.3. The standard InChI is InChI=1S/C61H118O6/c1-5-8-10-12-14-16-18-20-29-34-38-42-46-50-54-61(64)67-58(55-65-59(62)52-48-44-40-36-32-27-19-17-15-13-11-9-6-2)56-66-60(63)53-49-45-41-37-33-30-26-24-22-21-23-25-28-31-35-39-43-47-51-57(4)7-3/h57-58H,5-56H2,1-4H3/t57?,58-/m0/s1. The molecule has 0 fully saturated rings. The van der Waals surface area contributed by atoms with E-state index in [1.54, 1.807) is 0 Å². The molecule has 0 aromatic heterocycles. The molecule has 0 spiro atoms. The fraction of sp³-hybridized carbons (Fsp3) is 0.951. The Morgan fingerprint density at radius 2 is 0.522 bits per heavy atom. The molecule has 0 aromatic rings. The van der Waals surface area contributed by atoms with Gasteiger partial charge in [-0.3, -0.25) is 14.4 Å². The highest BCUT2D eigenvalue weighted by Gasteiger charge is 2.19. The van der Waals surface area contributed by atoms with Crippen molar-refractivity contribution in [3.8, 4) is 0 Å². The minimum Gasteiger partial charge on any atom is -0.462 e. The van der Waals surface area contributed by atoms with Gasteiger partial charge in [0.1, 0.15) is 13.2 Å². The predicted molar refractivity (Wildman–Crippen MR) is 289 cm³/mol. The Balaban J connectivity index is 4.22. The molecule has 0 radical (unpaired) electrons. The topological polar surface area (TPSA) is 78.9 Å². The first-order chi connectivity index (χ1) is 32.9. The Bertz CT molecular complexity index is 1010. The zero-order valence-electron chi connectivity index (χ0n) is 45.9. The summed E-state index contributed by atoms with van der Waals surface area (Å²) in [4.78, 5) is 38.2. The van der Waals surface area contributed by atoms with E-state index in [0.717, 1.165) is 63.7 Å². The molecule has 1 unspecified atom stereocenters. The van der Waals surface area contributed by atoms with E-state index in [2.05, 4.69) is 27.7 Å². The van der Waals surface area contributed by atoms with Gasteiger partial charge in [0.05, 0.1) is 0 Å². The first kappa shape index (κ1) is 65.4. The molecule has 0 heterocycles. The number of rotatable bonds is 56. The Morgan fingerprint density at radius 1 is 0.299 bits per heavy atom. The second-order valence-corrected chi connectivity index (χ2v) is 21.2. The quantitative estimate of drug-likeness (QED) is 0.0343. The van der Waals surface area contributed by atoms with E-state index in [-0.39, 0.29) is 31.1 Å². The van der Waals surface area contributed by atoms with Gasteiger partial charge in [0, 0.05) is 19.3 Å². The van der Waals surface area contributed by atoms with Crippen molar-refractivity contribution in [2.24, 2.45) is 5.92 Å². The van der Waals surface area contributed by atoms with Crippen molar-refractivity contribution in [1.29, 1.82) is 0 Å². The van der Waals surface area contributed by atoms with Gasteiger partial charge in [0.25, 0.3) is 0 Å². The summed E-state index contributed by atoms with van der Waals surface area (Å²) in [7, 11) is 0. The lowest BCUT2D eigenvalue weighted by Gasteiger charge is -2.18. The molecule has 2 atom stereocenters. The zero-order chi connectivity index (χ0) is 48.8. The summed E-state index contributed by atoms with van der Waals surface area (Å²) >= 11 is 0. The molecule has 0 aliphatic carbocycles. The highest BCUT2D eigenvalue weighted by molar-refractivity contribution is 5.71. The van der Waals surface area contributed by atoms with E-state index in [1.807, 2.05) is 0 Å². The highest BCUT2D eigenvalue weighted by atomic mass is 16.6. The molecular formula is C61H118O6. The molecular weight excluding hydrogens is 829 g/mol. The Kier molecular flexibility index (Phi) is 54.0. The average molecular weight is 948 g/mol. The first-order valence-electron chi connectivity index (χ1n) is 30.4. The van der Waals surface area contributed by atoms with Gasteiger partial charge in [-0.15, -0.1) is 0 Å². The summed E-state index contributed by atoms with van der Waals surface area (Å²) in [6.45, 7) is 9.11. The summed E-state index contributed by atoms with van der Waals surface area (Å²) in [5.74, 6) is 0.0781. The van der Waals surface area contributed by atoms with Crippen LogP contribution in [0.25, 0.3) is 0 Å². The van der Waals surface area contributed by atoms with E-state index >= 15 is 0 Å². The van der Waals surface area contributed by atoms with Gasteiger partial charge < -0.3 is 14.2 Å². The molecule has 398 valence electrons. The van der Waals surface area contributed by atoms with Crippen molar-refractivity contribution in [2.75, 3.05) is 13.2 Å². The number of unbranched alkanes of at least 4 members (excludes halogenated alkanes) is 42. The van der Waals surface area contributed by atoms with Crippen molar-refractivity contribution < 1.29 is 28.6 Å². The minimum atomic E-state index is -0.761. The highest BCUT2D eigenvalue weighted by Crippen LogP contribution is 2.19. The monoisotopic (exact) mass is 947 g/mol. The van der Waals surface area contributed by atoms with Crippen molar-refractivity contribution >= 4 is 17.9 Å². The third kappa shape index (κ3) is 53.6. The number of hydrogen-bond acceptors (Lipinski definition) is 6. The van der Waals surface area contributed by atoms with Crippen LogP contribution in [0.3, 0.4) is 0 Å². The van der Waals surface area contributed by atoms with Crippen LogP contribution >= 0.6 is 0 Å². The Labute approximate surface area is 418 Å². The van der Waals surface area contributed by atoms with Crippen molar-refractivity contribution in [1.82, 2.24) is 0 Å². The molecule has 0 N–H and O–H groups in total. The maximum Gasteiger partial charge on any atom is 0.306 e. The maximum atomic E-state index is 12.8. The molecule has 67 heavy (non-hydrogen) atoms. The smallest absolute Gasteiger partial charge is 0.306 e. The molecule has 0 aromatic carbocycles. The predicted octanol–water partition coefficient (Wildman–Crippen LogP) is 20.2. The summed E-state index contributed by atoms with van der Waals surface area (Å²) < 4.78 is 16.9. The lowest BCUT2D eigenvalue weighted by molar-refractivity contribution is -0.167. The first-order valence-corrected chi connectivity index (χ1v) is 30.4. The van der Waals surface area contributed by atoms with E-state index in [1.165, 1.54) is 244 Å². The van der Waals surface area contributed by atoms with Crippen LogP contribution in [0, 0.1) is 5.92 Å². The molecule has 0 saturated carbocycles. The Morgan fingerprint density at radius 3 is 0.776 bits per heavy atom. The minimum absolute atomic E-state index is 0.0614. The van der Waals surface area contributed by atoms with Crippen molar-refractivity contribution in [3.05, 3.63) is 0 Å². The number of hydrogen-bond donors (Lipinski definition) is 0. The molecule has 0 aliphatic rings. The zero-order valence-corrected chi connectivity index (χ0v) is 45.9. The molecule has 0 saturated heterocycles. The summed E-state index contributed by atoms with van der Waals surface area (Å²) in [6, 6.07) is 0. The number of esters is 3. The molecule has 0 amide bonds. The number of carbonyl (C=O) groups excluding carboxylic acids is 3. The van der Waals surface area contributed by atoms with E-state index in [0.29, 0.717) is 19.3 Å². The molecule has 6 nitrogen and oxygen atoms in total. The van der Waals surface area contributed by atoms with Crippen LogP contribution in [0.4, 0.5) is 0 Å². The summed E-state index contributed by atoms with van der Waals surface area (Å²) in [5.41, 5.74) is 0. The van der Waals surface area contributed by atoms with Gasteiger partial charge in [-0.25, -0.2) is 0 Å². The van der Waals surface area contributed by atoms with Gasteiger partial charge in [0.2, 0.25) is 0 Å². The second-order valence-electron chi connectivity index (χ2n) is 21.2. The van der Waals surface area contributed by atoms with Gasteiger partial charge in [-0.05, 0) is 25.2 Å². The van der Waals surface area contributed by atoms with Crippen LogP contribution in [0.1, 0.15) is 349 Å². The average Bonchev–Trinajstić information content (AvgIpc) is 3.33. The van der Waals surface area contributed by atoms with Crippen LogP contribution in [0.5, 0.6) is 0 Å². The maximum absolute atomic E-state index is 12.8. The van der Waals surface area contributed by atoms with Crippen LogP contribution < -0.4 is 0 Å². The van der Waals surface area contributed by atoms with Crippen molar-refractivity contribution in [3.63, 3.8) is 0 Å². The van der Waals surface area contributed by atoms with Crippen LogP contribution in [0.15, 0.2) is 0 Å².